The highest BCUT2D eigenvalue weighted by molar-refractivity contribution is 6.33. The van der Waals surface area contributed by atoms with Crippen molar-refractivity contribution in [1.29, 1.82) is 0 Å². The van der Waals surface area contributed by atoms with Crippen LogP contribution in [0.3, 0.4) is 0 Å². The number of halogens is 1. The van der Waals surface area contributed by atoms with Crippen molar-refractivity contribution in [3.8, 4) is 0 Å². The van der Waals surface area contributed by atoms with Crippen molar-refractivity contribution in [2.24, 2.45) is 5.92 Å². The minimum atomic E-state index is -0.455. The second kappa shape index (κ2) is 7.76. The van der Waals surface area contributed by atoms with E-state index in [0.717, 1.165) is 26.2 Å². The van der Waals surface area contributed by atoms with Crippen molar-refractivity contribution in [1.82, 2.24) is 4.90 Å². The highest BCUT2D eigenvalue weighted by atomic mass is 35.5. The first-order valence-corrected chi connectivity index (χ1v) is 7.85. The maximum absolute atomic E-state index is 10.7. The summed E-state index contributed by atoms with van der Waals surface area (Å²) in [5, 5.41) is 14.3. The summed E-state index contributed by atoms with van der Waals surface area (Å²) in [7, 11) is 0. The van der Waals surface area contributed by atoms with Gasteiger partial charge < -0.3 is 10.1 Å². The Labute approximate surface area is 135 Å². The average molecular weight is 328 g/mol. The SMILES string of the molecule is CC(C)CN1CCOC(CNc2ccc([N+](=O)[O-])cc2Cl)C1. The Hall–Kier alpha value is -1.37. The van der Waals surface area contributed by atoms with Crippen LogP contribution in [0.4, 0.5) is 11.4 Å². The lowest BCUT2D eigenvalue weighted by Gasteiger charge is -2.34. The molecular weight excluding hydrogens is 306 g/mol. The number of rotatable bonds is 6. The lowest BCUT2D eigenvalue weighted by Crippen LogP contribution is -2.46. The smallest absolute Gasteiger partial charge is 0.271 e. The van der Waals surface area contributed by atoms with Gasteiger partial charge in [-0.2, -0.15) is 0 Å². The van der Waals surface area contributed by atoms with Gasteiger partial charge in [0.05, 0.1) is 28.3 Å². The summed E-state index contributed by atoms with van der Waals surface area (Å²) in [5.41, 5.74) is 0.685. The molecule has 1 heterocycles. The van der Waals surface area contributed by atoms with Gasteiger partial charge in [-0.25, -0.2) is 0 Å². The van der Waals surface area contributed by atoms with Crippen molar-refractivity contribution >= 4 is 23.0 Å². The topological polar surface area (TPSA) is 67.6 Å². The van der Waals surface area contributed by atoms with Gasteiger partial charge in [-0.15, -0.1) is 0 Å². The van der Waals surface area contributed by atoms with Crippen LogP contribution in [0, 0.1) is 16.0 Å². The molecule has 1 N–H and O–H groups in total. The minimum absolute atomic E-state index is 0.00688. The molecule has 6 nitrogen and oxygen atoms in total. The number of benzene rings is 1. The predicted molar refractivity (Wildman–Crippen MR) is 87.6 cm³/mol. The monoisotopic (exact) mass is 327 g/mol. The summed E-state index contributed by atoms with van der Waals surface area (Å²) in [5.74, 6) is 0.635. The van der Waals surface area contributed by atoms with Gasteiger partial charge in [0.1, 0.15) is 0 Å². The van der Waals surface area contributed by atoms with E-state index in [4.69, 9.17) is 16.3 Å². The largest absolute Gasteiger partial charge is 0.381 e. The molecule has 1 aliphatic heterocycles. The normalized spacial score (nSPS) is 19.4. The minimum Gasteiger partial charge on any atom is -0.381 e. The molecule has 0 saturated carbocycles. The van der Waals surface area contributed by atoms with Gasteiger partial charge >= 0.3 is 0 Å². The molecule has 1 aromatic carbocycles. The number of ether oxygens (including phenoxy) is 1. The molecule has 0 amide bonds. The van der Waals surface area contributed by atoms with Gasteiger partial charge in [0.25, 0.3) is 5.69 Å². The van der Waals surface area contributed by atoms with Crippen LogP contribution in [-0.2, 0) is 4.74 Å². The second-order valence-corrected chi connectivity index (χ2v) is 6.36. The standard InChI is InChI=1S/C15H22ClN3O3/c1-11(2)9-18-5-6-22-13(10-18)8-17-15-4-3-12(19(20)21)7-14(15)16/h3-4,7,11,13,17H,5-6,8-10H2,1-2H3. The first-order valence-electron chi connectivity index (χ1n) is 7.47. The van der Waals surface area contributed by atoms with E-state index < -0.39 is 4.92 Å². The molecule has 1 atom stereocenters. The average Bonchev–Trinajstić information content (AvgIpc) is 2.45. The third kappa shape index (κ3) is 4.83. The Kier molecular flexibility index (Phi) is 5.99. The Morgan fingerprint density at radius 3 is 2.95 bits per heavy atom. The second-order valence-electron chi connectivity index (χ2n) is 5.95. The third-order valence-corrected chi connectivity index (χ3v) is 3.84. The van der Waals surface area contributed by atoms with Crippen molar-refractivity contribution < 1.29 is 9.66 Å². The Bertz CT molecular complexity index is 525. The van der Waals surface area contributed by atoms with E-state index in [1.165, 1.54) is 12.1 Å². The number of nitro benzene ring substituents is 1. The highest BCUT2D eigenvalue weighted by Gasteiger charge is 2.21. The third-order valence-electron chi connectivity index (χ3n) is 3.53. The summed E-state index contributed by atoms with van der Waals surface area (Å²) in [6.07, 6.45) is 0.0961. The number of nitrogens with zero attached hydrogens (tertiary/aromatic N) is 2. The van der Waals surface area contributed by atoms with Crippen molar-refractivity contribution in [2.75, 3.05) is 38.1 Å². The molecule has 1 aromatic rings. The van der Waals surface area contributed by atoms with Gasteiger partial charge in [-0.05, 0) is 12.0 Å². The van der Waals surface area contributed by atoms with Gasteiger partial charge in [-0.1, -0.05) is 25.4 Å². The van der Waals surface area contributed by atoms with Crippen LogP contribution in [0.15, 0.2) is 18.2 Å². The Morgan fingerprint density at radius 1 is 1.55 bits per heavy atom. The van der Waals surface area contributed by atoms with Gasteiger partial charge in [0, 0.05) is 38.3 Å². The fraction of sp³-hybridized carbons (Fsp3) is 0.600. The highest BCUT2D eigenvalue weighted by Crippen LogP contribution is 2.26. The number of nitrogens with one attached hydrogen (secondary N) is 1. The van der Waals surface area contributed by atoms with Crippen LogP contribution < -0.4 is 5.32 Å². The fourth-order valence-electron chi connectivity index (χ4n) is 2.57. The van der Waals surface area contributed by atoms with Gasteiger partial charge in [-0.3, -0.25) is 15.0 Å². The van der Waals surface area contributed by atoms with Gasteiger partial charge in [0.2, 0.25) is 0 Å². The zero-order chi connectivity index (χ0) is 16.1. The number of anilines is 1. The first-order chi connectivity index (χ1) is 10.5. The maximum atomic E-state index is 10.7. The molecular formula is C15H22ClN3O3. The summed E-state index contributed by atoms with van der Waals surface area (Å²) < 4.78 is 5.76. The Balaban J connectivity index is 1.88. The van der Waals surface area contributed by atoms with E-state index in [1.54, 1.807) is 6.07 Å². The molecule has 0 radical (unpaired) electrons. The van der Waals surface area contributed by atoms with Crippen LogP contribution in [0.25, 0.3) is 0 Å². The zero-order valence-electron chi connectivity index (χ0n) is 12.9. The van der Waals surface area contributed by atoms with E-state index in [0.29, 0.717) is 23.2 Å². The lowest BCUT2D eigenvalue weighted by atomic mass is 10.1. The van der Waals surface area contributed by atoms with E-state index >= 15 is 0 Å². The number of hydrogen-bond donors (Lipinski definition) is 1. The van der Waals surface area contributed by atoms with Gasteiger partial charge in [0.15, 0.2) is 0 Å². The molecule has 0 aromatic heterocycles. The fourth-order valence-corrected chi connectivity index (χ4v) is 2.81. The Morgan fingerprint density at radius 2 is 2.32 bits per heavy atom. The van der Waals surface area contributed by atoms with E-state index in [-0.39, 0.29) is 11.8 Å². The molecule has 0 aliphatic carbocycles. The molecule has 1 aliphatic rings. The molecule has 0 bridgehead atoms. The summed E-state index contributed by atoms with van der Waals surface area (Å²) in [6, 6.07) is 4.44. The van der Waals surface area contributed by atoms with Crippen molar-refractivity contribution in [3.05, 3.63) is 33.3 Å². The van der Waals surface area contributed by atoms with Crippen molar-refractivity contribution in [3.63, 3.8) is 0 Å². The lowest BCUT2D eigenvalue weighted by molar-refractivity contribution is -0.384. The van der Waals surface area contributed by atoms with E-state index in [9.17, 15) is 10.1 Å². The van der Waals surface area contributed by atoms with Crippen molar-refractivity contribution in [2.45, 2.75) is 20.0 Å². The number of non-ortho nitro benzene ring substituents is 1. The van der Waals surface area contributed by atoms with Crippen LogP contribution in [0.2, 0.25) is 5.02 Å². The summed E-state index contributed by atoms with van der Waals surface area (Å²) >= 11 is 6.07. The number of nitro groups is 1. The maximum Gasteiger partial charge on any atom is 0.271 e. The van der Waals surface area contributed by atoms with E-state index in [1.807, 2.05) is 0 Å². The molecule has 122 valence electrons. The quantitative estimate of drug-likeness (QED) is 0.642. The molecule has 2 rings (SSSR count). The molecule has 1 fully saturated rings. The van der Waals surface area contributed by atoms with Crippen LogP contribution >= 0.6 is 11.6 Å². The molecule has 1 saturated heterocycles. The summed E-state index contributed by atoms with van der Waals surface area (Å²) in [4.78, 5) is 12.6. The molecule has 22 heavy (non-hydrogen) atoms. The first kappa shape index (κ1) is 17.0. The molecule has 7 heteroatoms. The van der Waals surface area contributed by atoms with Crippen LogP contribution in [-0.4, -0.2) is 48.7 Å². The summed E-state index contributed by atoms with van der Waals surface area (Å²) in [6.45, 7) is 8.69. The van der Waals surface area contributed by atoms with E-state index in [2.05, 4.69) is 24.1 Å². The number of hydrogen-bond acceptors (Lipinski definition) is 5. The molecule has 1 unspecified atom stereocenters. The predicted octanol–water partition coefficient (Wildman–Crippen LogP) is 3.02. The van der Waals surface area contributed by atoms with Crippen LogP contribution in [0.1, 0.15) is 13.8 Å². The number of morpholine rings is 1. The molecule has 0 spiro atoms. The zero-order valence-corrected chi connectivity index (χ0v) is 13.7. The van der Waals surface area contributed by atoms with Crippen LogP contribution in [0.5, 0.6) is 0 Å².